The molecule has 4 nitrogen and oxygen atoms in total. The Labute approximate surface area is 72.1 Å². The van der Waals surface area contributed by atoms with Crippen LogP contribution >= 0.6 is 8.03 Å². The molecule has 1 heterocycles. The van der Waals surface area contributed by atoms with Crippen molar-refractivity contribution in [1.82, 2.24) is 0 Å². The maximum Gasteiger partial charge on any atom is 0.305 e. The van der Waals surface area contributed by atoms with Gasteiger partial charge >= 0.3 is 5.97 Å². The molecular weight excluding hydrogens is 179 g/mol. The van der Waals surface area contributed by atoms with Crippen LogP contribution in [0.3, 0.4) is 0 Å². The van der Waals surface area contributed by atoms with Crippen LogP contribution in [0, 0.1) is 0 Å². The quantitative estimate of drug-likeness (QED) is 0.498. The molecule has 0 N–H and O–H groups in total. The molecule has 2 atom stereocenters. The van der Waals surface area contributed by atoms with Crippen molar-refractivity contribution in [1.29, 1.82) is 0 Å². The molecule has 1 aliphatic rings. The lowest BCUT2D eigenvalue weighted by molar-refractivity contribution is -0.146. The van der Waals surface area contributed by atoms with Crippen LogP contribution in [0.2, 0.25) is 0 Å². The van der Waals surface area contributed by atoms with Gasteiger partial charge in [-0.1, -0.05) is 0 Å². The summed E-state index contributed by atoms with van der Waals surface area (Å²) in [4.78, 5) is 10.6. The van der Waals surface area contributed by atoms with Gasteiger partial charge in [-0.15, -0.1) is 0 Å². The summed E-state index contributed by atoms with van der Waals surface area (Å²) in [6.07, 6.45) is 1.00. The van der Waals surface area contributed by atoms with Crippen molar-refractivity contribution in [3.05, 3.63) is 0 Å². The van der Waals surface area contributed by atoms with Crippen molar-refractivity contribution in [3.63, 3.8) is 0 Å². The second-order valence-corrected chi connectivity index (χ2v) is 4.41. The zero-order chi connectivity index (χ0) is 8.97. The van der Waals surface area contributed by atoms with Crippen molar-refractivity contribution >= 4 is 14.0 Å². The van der Waals surface area contributed by atoms with Crippen LogP contribution in [0.25, 0.3) is 0 Å². The fourth-order valence-electron chi connectivity index (χ4n) is 1.09. The Morgan fingerprint density at radius 1 is 1.75 bits per heavy atom. The van der Waals surface area contributed by atoms with E-state index in [1.54, 1.807) is 6.92 Å². The molecule has 0 radical (unpaired) electrons. The predicted molar refractivity (Wildman–Crippen MR) is 44.6 cm³/mol. The second kappa shape index (κ2) is 4.63. The van der Waals surface area contributed by atoms with E-state index in [1.807, 2.05) is 0 Å². The van der Waals surface area contributed by atoms with E-state index < -0.39 is 8.03 Å². The maximum absolute atomic E-state index is 11.3. The third-order valence-corrected chi connectivity index (χ3v) is 3.46. The Morgan fingerprint density at radius 3 is 3.00 bits per heavy atom. The van der Waals surface area contributed by atoms with Crippen molar-refractivity contribution < 1.29 is 18.6 Å². The summed E-state index contributed by atoms with van der Waals surface area (Å²) in [6, 6.07) is 0. The second-order valence-electron chi connectivity index (χ2n) is 2.67. The zero-order valence-corrected chi connectivity index (χ0v) is 8.04. The number of hydrogen-bond donors (Lipinski definition) is 0. The number of cyclic esters (lactones) is 1. The van der Waals surface area contributed by atoms with Gasteiger partial charge < -0.3 is 9.26 Å². The standard InChI is InChI=1S/C7H13O4P/c1-2-11-12(9)6-3-4-7(8)10-5-6/h6,12H,2-5H2,1H3. The topological polar surface area (TPSA) is 52.6 Å². The molecule has 70 valence electrons. The summed E-state index contributed by atoms with van der Waals surface area (Å²) in [5.41, 5.74) is -0.0624. The largest absolute Gasteiger partial charge is 0.465 e. The molecule has 0 aromatic rings. The molecule has 0 amide bonds. The summed E-state index contributed by atoms with van der Waals surface area (Å²) in [5.74, 6) is -0.197. The zero-order valence-electron chi connectivity index (χ0n) is 7.04. The Kier molecular flexibility index (Phi) is 3.76. The number of hydrogen-bond acceptors (Lipinski definition) is 4. The minimum absolute atomic E-state index is 0.0624. The van der Waals surface area contributed by atoms with E-state index in [0.29, 0.717) is 19.4 Å². The average Bonchev–Trinajstić information content (AvgIpc) is 2.06. The van der Waals surface area contributed by atoms with Crippen molar-refractivity contribution in [2.24, 2.45) is 0 Å². The van der Waals surface area contributed by atoms with Gasteiger partial charge in [-0.25, -0.2) is 0 Å². The number of rotatable bonds is 3. The van der Waals surface area contributed by atoms with Gasteiger partial charge in [0.25, 0.3) is 0 Å². The maximum atomic E-state index is 11.3. The van der Waals surface area contributed by atoms with Crippen molar-refractivity contribution in [2.75, 3.05) is 13.2 Å². The van der Waals surface area contributed by atoms with Crippen LogP contribution in [0.1, 0.15) is 19.8 Å². The molecule has 0 aromatic carbocycles. The Balaban J connectivity index is 2.33. The van der Waals surface area contributed by atoms with Crippen LogP contribution < -0.4 is 0 Å². The summed E-state index contributed by atoms with van der Waals surface area (Å²) in [5, 5.41) is 0. The molecule has 1 saturated heterocycles. The monoisotopic (exact) mass is 192 g/mol. The first-order valence-electron chi connectivity index (χ1n) is 4.06. The molecule has 2 unspecified atom stereocenters. The van der Waals surface area contributed by atoms with Gasteiger partial charge in [0.2, 0.25) is 0 Å². The van der Waals surface area contributed by atoms with E-state index in [4.69, 9.17) is 9.26 Å². The molecule has 1 aliphatic heterocycles. The fraction of sp³-hybridized carbons (Fsp3) is 0.857. The molecule has 5 heteroatoms. The molecule has 0 saturated carbocycles. The van der Waals surface area contributed by atoms with Crippen molar-refractivity contribution in [2.45, 2.75) is 25.4 Å². The number of esters is 1. The van der Waals surface area contributed by atoms with Gasteiger partial charge in [-0.3, -0.25) is 9.36 Å². The van der Waals surface area contributed by atoms with Gasteiger partial charge in [0.15, 0.2) is 8.03 Å². The highest BCUT2D eigenvalue weighted by molar-refractivity contribution is 7.40. The molecule has 1 rings (SSSR count). The molecular formula is C7H13O4P. The van der Waals surface area contributed by atoms with Gasteiger partial charge in [0, 0.05) is 6.42 Å². The van der Waals surface area contributed by atoms with Gasteiger partial charge in [0.1, 0.15) is 6.61 Å². The predicted octanol–water partition coefficient (Wildman–Crippen LogP) is 1.20. The first-order valence-corrected chi connectivity index (χ1v) is 5.45. The average molecular weight is 192 g/mol. The summed E-state index contributed by atoms with van der Waals surface area (Å²) in [6.45, 7) is 2.52. The van der Waals surface area contributed by atoms with Gasteiger partial charge in [-0.05, 0) is 13.3 Å². The SMILES string of the molecule is CCO[PH](=O)C1CCC(=O)OC1. The third kappa shape index (κ3) is 2.61. The van der Waals surface area contributed by atoms with Crippen molar-refractivity contribution in [3.8, 4) is 0 Å². The number of carbonyl (C=O) groups is 1. The molecule has 12 heavy (non-hydrogen) atoms. The van der Waals surface area contributed by atoms with Crippen LogP contribution in [0.4, 0.5) is 0 Å². The lowest BCUT2D eigenvalue weighted by Crippen LogP contribution is -2.23. The van der Waals surface area contributed by atoms with Gasteiger partial charge in [-0.2, -0.15) is 0 Å². The molecule has 0 spiro atoms. The highest BCUT2D eigenvalue weighted by atomic mass is 31.1. The summed E-state index contributed by atoms with van der Waals surface area (Å²) >= 11 is 0. The Bertz CT molecular complexity index is 182. The lowest BCUT2D eigenvalue weighted by atomic mass is 10.2. The van der Waals surface area contributed by atoms with Crippen LogP contribution in [-0.2, 0) is 18.6 Å². The first kappa shape index (κ1) is 9.75. The van der Waals surface area contributed by atoms with E-state index in [0.717, 1.165) is 0 Å². The molecule has 1 fully saturated rings. The molecule has 0 aliphatic carbocycles. The highest BCUT2D eigenvalue weighted by Gasteiger charge is 2.24. The summed E-state index contributed by atoms with van der Waals surface area (Å²) < 4.78 is 21.0. The van der Waals surface area contributed by atoms with E-state index >= 15 is 0 Å². The van der Waals surface area contributed by atoms with Crippen LogP contribution in [-0.4, -0.2) is 24.8 Å². The van der Waals surface area contributed by atoms with E-state index in [2.05, 4.69) is 0 Å². The molecule has 0 aromatic heterocycles. The summed E-state index contributed by atoms with van der Waals surface area (Å²) in [7, 11) is -1.99. The Morgan fingerprint density at radius 2 is 2.50 bits per heavy atom. The fourth-order valence-corrected chi connectivity index (χ4v) is 2.21. The minimum Gasteiger partial charge on any atom is -0.465 e. The Hall–Kier alpha value is -0.340. The first-order chi connectivity index (χ1) is 5.74. The van der Waals surface area contributed by atoms with Crippen LogP contribution in [0.15, 0.2) is 0 Å². The van der Waals surface area contributed by atoms with E-state index in [1.165, 1.54) is 0 Å². The highest BCUT2D eigenvalue weighted by Crippen LogP contribution is 2.34. The van der Waals surface area contributed by atoms with E-state index in [-0.39, 0.29) is 18.2 Å². The minimum atomic E-state index is -1.99. The smallest absolute Gasteiger partial charge is 0.305 e. The lowest BCUT2D eigenvalue weighted by Gasteiger charge is -2.20. The number of carbonyl (C=O) groups excluding carboxylic acids is 1. The normalized spacial score (nSPS) is 26.4. The van der Waals surface area contributed by atoms with Gasteiger partial charge in [0.05, 0.1) is 12.3 Å². The molecule has 0 bridgehead atoms. The number of ether oxygens (including phenoxy) is 1. The van der Waals surface area contributed by atoms with E-state index in [9.17, 15) is 9.36 Å². The van der Waals surface area contributed by atoms with Crippen LogP contribution in [0.5, 0.6) is 0 Å². The third-order valence-electron chi connectivity index (χ3n) is 1.76.